The number of nitrogens with one attached hydrogen (secondary N) is 1. The molecule has 1 saturated heterocycles. The molecular weight excluding hydrogens is 340 g/mol. The van der Waals surface area contributed by atoms with Gasteiger partial charge in [0.25, 0.3) is 11.5 Å². The Morgan fingerprint density at radius 1 is 1.00 bits per heavy atom. The molecule has 0 radical (unpaired) electrons. The van der Waals surface area contributed by atoms with Crippen LogP contribution in [0.2, 0.25) is 0 Å². The van der Waals surface area contributed by atoms with E-state index in [9.17, 15) is 9.59 Å². The van der Waals surface area contributed by atoms with E-state index in [0.29, 0.717) is 22.4 Å². The van der Waals surface area contributed by atoms with Crippen molar-refractivity contribution < 1.29 is 4.79 Å². The average molecular weight is 358 g/mol. The van der Waals surface area contributed by atoms with Crippen molar-refractivity contribution in [3.8, 4) is 11.4 Å². The second-order valence-corrected chi connectivity index (χ2v) is 6.85. The fourth-order valence-corrected chi connectivity index (χ4v) is 3.79. The monoisotopic (exact) mass is 358 g/mol. The van der Waals surface area contributed by atoms with E-state index in [-0.39, 0.29) is 11.5 Å². The highest BCUT2D eigenvalue weighted by molar-refractivity contribution is 5.98. The number of rotatable bonds is 2. The number of H-pyrrole nitrogens is 1. The van der Waals surface area contributed by atoms with Gasteiger partial charge in [-0.15, -0.1) is 0 Å². The van der Waals surface area contributed by atoms with Gasteiger partial charge in [0.05, 0.1) is 17.2 Å². The number of hydrogen-bond acceptors (Lipinski definition) is 3. The number of carbonyl (C=O) groups is 1. The molecule has 2 aromatic carbocycles. The summed E-state index contributed by atoms with van der Waals surface area (Å²) in [6.45, 7) is 1.61. The molecule has 1 amide bonds. The van der Waals surface area contributed by atoms with Gasteiger partial charge in [-0.05, 0) is 31.0 Å². The maximum atomic E-state index is 12.8. The Morgan fingerprint density at radius 3 is 2.56 bits per heavy atom. The van der Waals surface area contributed by atoms with Gasteiger partial charge in [-0.2, -0.15) is 0 Å². The van der Waals surface area contributed by atoms with E-state index in [4.69, 9.17) is 0 Å². The van der Waals surface area contributed by atoms with Gasteiger partial charge in [0.1, 0.15) is 11.3 Å². The zero-order valence-corrected chi connectivity index (χ0v) is 14.7. The molecular formula is C21H18N4O2. The molecule has 1 aliphatic heterocycles. The van der Waals surface area contributed by atoms with E-state index < -0.39 is 0 Å². The standard InChI is InChI=1S/C21H18N4O2/c26-20-18-13-22-19(14-6-2-1-3-7-14)25(18)17-12-15(8-9-16(17)23-20)21(27)24-10-4-5-11-24/h1-3,6-9,12-13H,4-5,10-11H2,(H,23,26). The fraction of sp³-hybridized carbons (Fsp3) is 0.190. The number of aromatic amines is 1. The van der Waals surface area contributed by atoms with Gasteiger partial charge < -0.3 is 9.88 Å². The number of amides is 1. The topological polar surface area (TPSA) is 70.5 Å². The third-order valence-corrected chi connectivity index (χ3v) is 5.15. The zero-order valence-electron chi connectivity index (χ0n) is 14.7. The van der Waals surface area contributed by atoms with Crippen molar-refractivity contribution in [3.63, 3.8) is 0 Å². The first-order valence-electron chi connectivity index (χ1n) is 9.10. The van der Waals surface area contributed by atoms with E-state index in [0.717, 1.165) is 37.0 Å². The SMILES string of the molecule is O=C(c1ccc2[nH]c(=O)c3cnc(-c4ccccc4)n3c2c1)N1CCCC1. The normalized spacial score (nSPS) is 14.3. The zero-order chi connectivity index (χ0) is 18.4. The second-order valence-electron chi connectivity index (χ2n) is 6.85. The first-order chi connectivity index (χ1) is 13.2. The maximum absolute atomic E-state index is 12.8. The van der Waals surface area contributed by atoms with Gasteiger partial charge >= 0.3 is 0 Å². The van der Waals surface area contributed by atoms with Crippen molar-refractivity contribution in [2.24, 2.45) is 0 Å². The minimum Gasteiger partial charge on any atom is -0.339 e. The molecule has 6 heteroatoms. The smallest absolute Gasteiger partial charge is 0.274 e. The molecule has 1 fully saturated rings. The van der Waals surface area contributed by atoms with E-state index in [1.165, 1.54) is 0 Å². The predicted octanol–water partition coefficient (Wildman–Crippen LogP) is 3.08. The number of nitrogens with zero attached hydrogens (tertiary/aromatic N) is 3. The minimum atomic E-state index is -0.198. The molecule has 0 saturated carbocycles. The molecule has 27 heavy (non-hydrogen) atoms. The van der Waals surface area contributed by atoms with Crippen LogP contribution in [0.5, 0.6) is 0 Å². The molecule has 0 spiro atoms. The van der Waals surface area contributed by atoms with Crippen molar-refractivity contribution >= 4 is 22.5 Å². The van der Waals surface area contributed by atoms with Crippen molar-refractivity contribution in [1.29, 1.82) is 0 Å². The van der Waals surface area contributed by atoms with E-state index in [2.05, 4.69) is 9.97 Å². The summed E-state index contributed by atoms with van der Waals surface area (Å²) < 4.78 is 1.84. The molecule has 134 valence electrons. The summed E-state index contributed by atoms with van der Waals surface area (Å²) >= 11 is 0. The van der Waals surface area contributed by atoms with Crippen LogP contribution in [0.3, 0.4) is 0 Å². The lowest BCUT2D eigenvalue weighted by Gasteiger charge is -2.16. The van der Waals surface area contributed by atoms with Crippen LogP contribution in [0, 0.1) is 0 Å². The lowest BCUT2D eigenvalue weighted by atomic mass is 10.1. The Kier molecular flexibility index (Phi) is 3.57. The summed E-state index contributed by atoms with van der Waals surface area (Å²) in [6, 6.07) is 15.2. The van der Waals surface area contributed by atoms with Gasteiger partial charge in [0, 0.05) is 24.2 Å². The fourth-order valence-electron chi connectivity index (χ4n) is 3.79. The average Bonchev–Trinajstić information content (AvgIpc) is 3.38. The molecule has 1 N–H and O–H groups in total. The third kappa shape index (κ3) is 2.52. The van der Waals surface area contributed by atoms with E-state index >= 15 is 0 Å². The highest BCUT2D eigenvalue weighted by atomic mass is 16.2. The Balaban J connectivity index is 1.77. The summed E-state index contributed by atoms with van der Waals surface area (Å²) in [7, 11) is 0. The molecule has 4 aromatic rings. The molecule has 6 nitrogen and oxygen atoms in total. The highest BCUT2D eigenvalue weighted by Gasteiger charge is 2.20. The molecule has 5 rings (SSSR count). The first-order valence-corrected chi connectivity index (χ1v) is 9.10. The molecule has 0 unspecified atom stereocenters. The van der Waals surface area contributed by atoms with Gasteiger partial charge in [0.15, 0.2) is 0 Å². The van der Waals surface area contributed by atoms with Gasteiger partial charge in [-0.3, -0.25) is 14.0 Å². The number of benzene rings is 2. The molecule has 2 aromatic heterocycles. The van der Waals surface area contributed by atoms with Gasteiger partial charge in [0.2, 0.25) is 0 Å². The van der Waals surface area contributed by atoms with E-state index in [1.54, 1.807) is 18.3 Å². The van der Waals surface area contributed by atoms with E-state index in [1.807, 2.05) is 45.7 Å². The molecule has 0 bridgehead atoms. The number of carbonyl (C=O) groups excluding carboxylic acids is 1. The Hall–Kier alpha value is -3.41. The highest BCUT2D eigenvalue weighted by Crippen LogP contribution is 2.24. The maximum Gasteiger partial charge on any atom is 0.274 e. The number of likely N-dealkylation sites (tertiary alicyclic amines) is 1. The quantitative estimate of drug-likeness (QED) is 0.599. The van der Waals surface area contributed by atoms with Crippen LogP contribution in [-0.2, 0) is 0 Å². The Bertz CT molecular complexity index is 1220. The Labute approximate surface area is 155 Å². The molecule has 3 heterocycles. The largest absolute Gasteiger partial charge is 0.339 e. The number of aromatic nitrogens is 3. The van der Waals surface area contributed by atoms with Crippen molar-refractivity contribution in [2.75, 3.05) is 13.1 Å². The van der Waals surface area contributed by atoms with Crippen molar-refractivity contribution in [3.05, 3.63) is 70.6 Å². The van der Waals surface area contributed by atoms with Gasteiger partial charge in [-0.1, -0.05) is 30.3 Å². The van der Waals surface area contributed by atoms with Crippen LogP contribution in [-0.4, -0.2) is 38.3 Å². The number of fused-ring (bicyclic) bond motifs is 3. The summed E-state index contributed by atoms with van der Waals surface area (Å²) in [5.74, 6) is 0.725. The summed E-state index contributed by atoms with van der Waals surface area (Å²) in [5, 5.41) is 0. The minimum absolute atomic E-state index is 0.0372. The van der Waals surface area contributed by atoms with Crippen LogP contribution in [0.15, 0.2) is 59.5 Å². The summed E-state index contributed by atoms with van der Waals surface area (Å²) in [4.78, 5) is 34.5. The summed E-state index contributed by atoms with van der Waals surface area (Å²) in [6.07, 6.45) is 3.68. The Morgan fingerprint density at radius 2 is 1.78 bits per heavy atom. The second kappa shape index (κ2) is 6.09. The summed E-state index contributed by atoms with van der Waals surface area (Å²) in [5.41, 5.74) is 3.26. The number of hydrogen-bond donors (Lipinski definition) is 1. The molecule has 0 aliphatic carbocycles. The van der Waals surface area contributed by atoms with Crippen LogP contribution < -0.4 is 5.56 Å². The van der Waals surface area contributed by atoms with Crippen LogP contribution >= 0.6 is 0 Å². The first kappa shape index (κ1) is 15.8. The van der Waals surface area contributed by atoms with Crippen LogP contribution in [0.1, 0.15) is 23.2 Å². The van der Waals surface area contributed by atoms with Crippen LogP contribution in [0.25, 0.3) is 27.9 Å². The molecule has 0 atom stereocenters. The number of imidazole rings is 1. The van der Waals surface area contributed by atoms with Gasteiger partial charge in [-0.25, -0.2) is 4.98 Å². The van der Waals surface area contributed by atoms with Crippen molar-refractivity contribution in [1.82, 2.24) is 19.3 Å². The molecule has 1 aliphatic rings. The lowest BCUT2D eigenvalue weighted by molar-refractivity contribution is 0.0793. The predicted molar refractivity (Wildman–Crippen MR) is 104 cm³/mol. The lowest BCUT2D eigenvalue weighted by Crippen LogP contribution is -2.27. The third-order valence-electron chi connectivity index (χ3n) is 5.15. The van der Waals surface area contributed by atoms with Crippen molar-refractivity contribution in [2.45, 2.75) is 12.8 Å². The van der Waals surface area contributed by atoms with Crippen LogP contribution in [0.4, 0.5) is 0 Å².